The number of halogens is 2. The van der Waals surface area contributed by atoms with E-state index in [9.17, 15) is 5.26 Å². The molecule has 0 radical (unpaired) electrons. The second-order valence-electron chi connectivity index (χ2n) is 5.54. The van der Waals surface area contributed by atoms with E-state index >= 15 is 0 Å². The van der Waals surface area contributed by atoms with Crippen LogP contribution in [0.3, 0.4) is 0 Å². The molecule has 0 saturated heterocycles. The number of hydrogen-bond acceptors (Lipinski definition) is 4. The van der Waals surface area contributed by atoms with Gasteiger partial charge in [-0.1, -0.05) is 41.4 Å². The molecular formula is C17H12Cl2N4S. The van der Waals surface area contributed by atoms with E-state index in [2.05, 4.69) is 20.1 Å². The highest BCUT2D eigenvalue weighted by Crippen LogP contribution is 2.41. The average Bonchev–Trinajstić information content (AvgIpc) is 2.98. The fourth-order valence-electron chi connectivity index (χ4n) is 2.91. The van der Waals surface area contributed by atoms with Crippen LogP contribution in [0, 0.1) is 11.3 Å². The molecule has 7 heteroatoms. The Labute approximate surface area is 153 Å². The molecule has 2 aromatic carbocycles. The molecule has 4 rings (SSSR count). The lowest BCUT2D eigenvalue weighted by atomic mass is 10.1. The summed E-state index contributed by atoms with van der Waals surface area (Å²) in [7, 11) is 0. The molecule has 120 valence electrons. The lowest BCUT2D eigenvalue weighted by Crippen LogP contribution is -2.22. The third-order valence-electron chi connectivity index (χ3n) is 4.05. The molecule has 3 aromatic rings. The zero-order valence-corrected chi connectivity index (χ0v) is 14.8. The van der Waals surface area contributed by atoms with Crippen LogP contribution in [0.5, 0.6) is 0 Å². The van der Waals surface area contributed by atoms with E-state index in [4.69, 9.17) is 23.2 Å². The molecule has 4 nitrogen and oxygen atoms in total. The zero-order valence-electron chi connectivity index (χ0n) is 12.4. The molecule has 0 aliphatic carbocycles. The summed E-state index contributed by atoms with van der Waals surface area (Å²) in [5.74, 6) is 0. The van der Waals surface area contributed by atoms with Crippen molar-refractivity contribution in [2.75, 3.05) is 4.72 Å². The minimum absolute atomic E-state index is 0.620. The van der Waals surface area contributed by atoms with Crippen molar-refractivity contribution in [3.8, 4) is 6.07 Å². The quantitative estimate of drug-likeness (QED) is 0.594. The van der Waals surface area contributed by atoms with Gasteiger partial charge in [0, 0.05) is 36.8 Å². The van der Waals surface area contributed by atoms with Gasteiger partial charge in [0.1, 0.15) is 0 Å². The van der Waals surface area contributed by atoms with Crippen molar-refractivity contribution in [3.63, 3.8) is 0 Å². The van der Waals surface area contributed by atoms with Gasteiger partial charge in [-0.2, -0.15) is 5.26 Å². The fraction of sp³-hybridized carbons (Fsp3) is 0.118. The Hall–Kier alpha value is -1.84. The summed E-state index contributed by atoms with van der Waals surface area (Å²) >= 11 is 14.1. The Morgan fingerprint density at radius 2 is 2.08 bits per heavy atom. The molecule has 2 heterocycles. The minimum Gasteiger partial charge on any atom is -0.358 e. The summed E-state index contributed by atoms with van der Waals surface area (Å²) in [5.41, 5.74) is 4.74. The monoisotopic (exact) mass is 374 g/mol. The van der Waals surface area contributed by atoms with E-state index in [-0.39, 0.29) is 0 Å². The minimum atomic E-state index is 0.620. The molecule has 0 amide bonds. The van der Waals surface area contributed by atoms with Crippen molar-refractivity contribution in [3.05, 3.63) is 63.3 Å². The molecule has 0 saturated carbocycles. The van der Waals surface area contributed by atoms with E-state index < -0.39 is 0 Å². The first-order valence-corrected chi connectivity index (χ1v) is 8.84. The molecule has 24 heavy (non-hydrogen) atoms. The van der Waals surface area contributed by atoms with Gasteiger partial charge in [0.05, 0.1) is 32.9 Å². The molecule has 0 spiro atoms. The second kappa shape index (κ2) is 6.23. The SMILES string of the molecule is N#Cc1ccccc1CN1Cc2cc(Cl)c3c(Cl)c[nH]c3c2NS1. The van der Waals surface area contributed by atoms with Gasteiger partial charge in [-0.25, -0.2) is 4.31 Å². The van der Waals surface area contributed by atoms with Crippen LogP contribution in [0.2, 0.25) is 10.0 Å². The largest absolute Gasteiger partial charge is 0.358 e. The molecule has 0 unspecified atom stereocenters. The number of rotatable bonds is 2. The van der Waals surface area contributed by atoms with Gasteiger partial charge in [-0.05, 0) is 23.3 Å². The van der Waals surface area contributed by atoms with Crippen LogP contribution in [0.15, 0.2) is 36.5 Å². The molecule has 0 atom stereocenters. The van der Waals surface area contributed by atoms with E-state index in [0.29, 0.717) is 22.2 Å². The van der Waals surface area contributed by atoms with Crippen molar-refractivity contribution in [1.29, 1.82) is 5.26 Å². The topological polar surface area (TPSA) is 54.9 Å². The highest BCUT2D eigenvalue weighted by atomic mass is 35.5. The van der Waals surface area contributed by atoms with Gasteiger partial charge in [0.2, 0.25) is 0 Å². The van der Waals surface area contributed by atoms with Crippen LogP contribution in [0.1, 0.15) is 16.7 Å². The molecule has 1 aliphatic heterocycles. The predicted molar refractivity (Wildman–Crippen MR) is 99.9 cm³/mol. The number of benzene rings is 2. The van der Waals surface area contributed by atoms with E-state index in [1.54, 1.807) is 6.20 Å². The maximum absolute atomic E-state index is 9.24. The fourth-order valence-corrected chi connectivity index (χ4v) is 4.39. The standard InChI is InChI=1S/C17H12Cl2N4S/c18-13-5-12-9-23(8-11-4-2-1-3-10(11)6-20)24-22-16(12)17-15(13)14(19)7-21-17/h1-5,7,21-22H,8-9H2. The normalized spacial score (nSPS) is 14.2. The van der Waals surface area contributed by atoms with Gasteiger partial charge in [-0.3, -0.25) is 0 Å². The van der Waals surface area contributed by atoms with Crippen molar-refractivity contribution >= 4 is 51.9 Å². The average molecular weight is 375 g/mol. The van der Waals surface area contributed by atoms with Crippen LogP contribution < -0.4 is 4.72 Å². The van der Waals surface area contributed by atoms with Crippen LogP contribution >= 0.6 is 35.3 Å². The van der Waals surface area contributed by atoms with Gasteiger partial charge >= 0.3 is 0 Å². The predicted octanol–water partition coefficient (Wildman–Crippen LogP) is 5.34. The Morgan fingerprint density at radius 1 is 1.25 bits per heavy atom. The van der Waals surface area contributed by atoms with Crippen molar-refractivity contribution in [1.82, 2.24) is 9.29 Å². The number of aromatic amines is 1. The maximum Gasteiger partial charge on any atom is 0.0995 e. The molecule has 0 bridgehead atoms. The summed E-state index contributed by atoms with van der Waals surface area (Å²) in [6.45, 7) is 1.39. The third kappa shape index (κ3) is 2.62. The Morgan fingerprint density at radius 3 is 2.92 bits per heavy atom. The smallest absolute Gasteiger partial charge is 0.0995 e. The number of aromatic nitrogens is 1. The highest BCUT2D eigenvalue weighted by molar-refractivity contribution is 7.98. The number of hydrogen-bond donors (Lipinski definition) is 2. The summed E-state index contributed by atoms with van der Waals surface area (Å²) in [4.78, 5) is 3.19. The number of H-pyrrole nitrogens is 1. The Bertz CT molecular complexity index is 977. The van der Waals surface area contributed by atoms with Gasteiger partial charge in [0.25, 0.3) is 0 Å². The summed E-state index contributed by atoms with van der Waals surface area (Å²) in [5, 5.41) is 11.3. The second-order valence-corrected chi connectivity index (χ2v) is 7.26. The van der Waals surface area contributed by atoms with Crippen LogP contribution in [0.25, 0.3) is 10.9 Å². The summed E-state index contributed by atoms with van der Waals surface area (Å²) in [6.07, 6.45) is 1.75. The van der Waals surface area contributed by atoms with Gasteiger partial charge in [-0.15, -0.1) is 0 Å². The number of anilines is 1. The van der Waals surface area contributed by atoms with Crippen molar-refractivity contribution in [2.45, 2.75) is 13.1 Å². The molecule has 1 aliphatic rings. The van der Waals surface area contributed by atoms with Crippen LogP contribution in [-0.4, -0.2) is 9.29 Å². The molecular weight excluding hydrogens is 363 g/mol. The van der Waals surface area contributed by atoms with Crippen molar-refractivity contribution in [2.24, 2.45) is 0 Å². The van der Waals surface area contributed by atoms with E-state index in [1.165, 1.54) is 12.1 Å². The third-order valence-corrected chi connectivity index (χ3v) is 5.46. The molecule has 1 aromatic heterocycles. The van der Waals surface area contributed by atoms with E-state index in [1.807, 2.05) is 30.3 Å². The Kier molecular flexibility index (Phi) is 4.07. The molecule has 2 N–H and O–H groups in total. The van der Waals surface area contributed by atoms with Crippen LogP contribution in [0.4, 0.5) is 5.69 Å². The number of fused-ring (bicyclic) bond motifs is 3. The lowest BCUT2D eigenvalue weighted by Gasteiger charge is -2.29. The number of nitrogens with one attached hydrogen (secondary N) is 2. The number of nitrogens with zero attached hydrogens (tertiary/aromatic N) is 2. The maximum atomic E-state index is 9.24. The first-order valence-electron chi connectivity index (χ1n) is 7.31. The summed E-state index contributed by atoms with van der Waals surface area (Å²) < 4.78 is 5.52. The van der Waals surface area contributed by atoms with E-state index in [0.717, 1.165) is 34.3 Å². The first-order chi connectivity index (χ1) is 11.7. The Balaban J connectivity index is 1.66. The highest BCUT2D eigenvalue weighted by Gasteiger charge is 2.23. The lowest BCUT2D eigenvalue weighted by molar-refractivity contribution is 0.460. The first kappa shape index (κ1) is 15.7. The summed E-state index contributed by atoms with van der Waals surface area (Å²) in [6, 6.07) is 11.8. The number of nitriles is 1. The molecule has 0 fully saturated rings. The van der Waals surface area contributed by atoms with Crippen LogP contribution in [-0.2, 0) is 13.1 Å². The van der Waals surface area contributed by atoms with Crippen molar-refractivity contribution < 1.29 is 0 Å². The van der Waals surface area contributed by atoms with Gasteiger partial charge < -0.3 is 9.71 Å². The van der Waals surface area contributed by atoms with Gasteiger partial charge in [0.15, 0.2) is 0 Å². The zero-order chi connectivity index (χ0) is 16.7.